The van der Waals surface area contributed by atoms with Crippen LogP contribution < -0.4 is 10.6 Å². The van der Waals surface area contributed by atoms with Crippen LogP contribution in [0.3, 0.4) is 0 Å². The lowest BCUT2D eigenvalue weighted by Gasteiger charge is -2.23. The van der Waals surface area contributed by atoms with Crippen LogP contribution in [0.5, 0.6) is 0 Å². The lowest BCUT2D eigenvalue weighted by atomic mass is 10.4. The molecule has 312 valence electrons. The van der Waals surface area contributed by atoms with Gasteiger partial charge in [-0.25, -0.2) is 0 Å². The highest BCUT2D eigenvalue weighted by molar-refractivity contribution is 7.77. The molecule has 0 aromatic heterocycles. The zero-order chi connectivity index (χ0) is 43.6. The van der Waals surface area contributed by atoms with Crippen LogP contribution in [0, 0.1) is 0 Å². The Morgan fingerprint density at radius 3 is 0.789 bits per heavy atom. The number of azide groups is 1. The molecule has 0 atom stereocenters. The Morgan fingerprint density at radius 1 is 0.439 bits per heavy atom. The Labute approximate surface area is 323 Å². The maximum Gasteiger partial charge on any atom is 0.317 e. The van der Waals surface area contributed by atoms with Gasteiger partial charge in [-0.1, -0.05) is 60.7 Å². The van der Waals surface area contributed by atoms with E-state index in [2.05, 4.69) is 9.80 Å². The molecular formula is C32H42N7O17P. The maximum atomic E-state index is 12.8. The first-order valence-corrected chi connectivity index (χ1v) is 17.8. The van der Waals surface area contributed by atoms with Gasteiger partial charge < -0.3 is 45.4 Å². The van der Waals surface area contributed by atoms with E-state index in [-0.39, 0.29) is 26.2 Å². The summed E-state index contributed by atoms with van der Waals surface area (Å²) >= 11 is 0. The highest BCUT2D eigenvalue weighted by Gasteiger charge is 2.25. The Hall–Kier alpha value is -6.42. The molecule has 0 unspecified atom stereocenters. The topological polar surface area (TPSA) is 377 Å². The molecule has 2 rings (SSSR count). The van der Waals surface area contributed by atoms with Crippen molar-refractivity contribution in [1.82, 2.24) is 19.6 Å². The van der Waals surface area contributed by atoms with Gasteiger partial charge in [-0.3, -0.25) is 58.0 Å². The number of benzene rings is 2. The monoisotopic (exact) mass is 827 g/mol. The second-order valence-electron chi connectivity index (χ2n) is 11.4. The van der Waals surface area contributed by atoms with Crippen molar-refractivity contribution in [2.75, 3.05) is 78.5 Å². The minimum absolute atomic E-state index is 0.0703. The van der Waals surface area contributed by atoms with Crippen LogP contribution in [0.25, 0.3) is 10.4 Å². The Morgan fingerprint density at radius 2 is 0.632 bits per heavy atom. The van der Waals surface area contributed by atoms with Gasteiger partial charge in [-0.15, -0.1) is 0 Å². The maximum absolute atomic E-state index is 12.8. The van der Waals surface area contributed by atoms with Crippen LogP contribution in [0.15, 0.2) is 65.5 Å². The molecule has 0 saturated carbocycles. The lowest BCUT2D eigenvalue weighted by molar-refractivity contribution is -0.145. The van der Waals surface area contributed by atoms with Crippen LogP contribution in [0.2, 0.25) is 0 Å². The average molecular weight is 828 g/mol. The smallest absolute Gasteiger partial charge is 0.317 e. The second-order valence-corrected chi connectivity index (χ2v) is 13.8. The van der Waals surface area contributed by atoms with E-state index in [1.807, 2.05) is 12.1 Å². The predicted octanol–water partition coefficient (Wildman–Crippen LogP) is -0.917. The number of carboxylic acids is 8. The largest absolute Gasteiger partial charge is 0.480 e. The van der Waals surface area contributed by atoms with Crippen molar-refractivity contribution in [2.45, 2.75) is 0 Å². The zero-order valence-electron chi connectivity index (χ0n) is 30.1. The number of aliphatic carboxylic acids is 8. The van der Waals surface area contributed by atoms with Gasteiger partial charge >= 0.3 is 47.8 Å². The molecule has 0 aliphatic carbocycles. The molecule has 0 aliphatic rings. The summed E-state index contributed by atoms with van der Waals surface area (Å²) in [5.41, 5.74) is 8.61. The number of nitrogens with zero attached hydrogens (tertiary/aromatic N) is 7. The average Bonchev–Trinajstić information content (AvgIpc) is 3.09. The van der Waals surface area contributed by atoms with Crippen molar-refractivity contribution >= 4 is 65.7 Å². The first-order valence-electron chi connectivity index (χ1n) is 16.1. The SMILES string of the molecule is O=C(O)CN(CCN(CC(=O)O)CC(=O)O)CC(=O)O.O=C(O)CN(CCN(CC(=O)O)CC(=O)O)CC(=O)O.[N-]=[N+]=NP(=O)(c1ccccc1)c1ccccc1. The summed E-state index contributed by atoms with van der Waals surface area (Å²) in [6.45, 7) is -4.50. The van der Waals surface area contributed by atoms with Gasteiger partial charge in [0.25, 0.3) is 0 Å². The summed E-state index contributed by atoms with van der Waals surface area (Å²) in [4.78, 5) is 95.0. The van der Waals surface area contributed by atoms with Crippen LogP contribution in [0.1, 0.15) is 0 Å². The lowest BCUT2D eigenvalue weighted by Crippen LogP contribution is -2.43. The molecule has 57 heavy (non-hydrogen) atoms. The second kappa shape index (κ2) is 27.2. The molecule has 24 nitrogen and oxygen atoms in total. The first kappa shape index (κ1) is 50.6. The summed E-state index contributed by atoms with van der Waals surface area (Å²) in [7, 11) is -3.22. The van der Waals surface area contributed by atoms with E-state index >= 15 is 0 Å². The fourth-order valence-corrected chi connectivity index (χ4v) is 6.29. The molecule has 25 heteroatoms. The van der Waals surface area contributed by atoms with E-state index in [9.17, 15) is 42.9 Å². The van der Waals surface area contributed by atoms with Crippen molar-refractivity contribution in [1.29, 1.82) is 0 Å². The fourth-order valence-electron chi connectivity index (χ4n) is 4.52. The molecule has 2 aromatic rings. The van der Waals surface area contributed by atoms with Crippen molar-refractivity contribution in [3.8, 4) is 0 Å². The van der Waals surface area contributed by atoms with Crippen molar-refractivity contribution < 1.29 is 83.8 Å². The predicted molar refractivity (Wildman–Crippen MR) is 196 cm³/mol. The molecule has 2 aromatic carbocycles. The van der Waals surface area contributed by atoms with E-state index in [1.54, 1.807) is 48.5 Å². The number of carbonyl (C=O) groups is 8. The molecule has 0 saturated heterocycles. The molecule has 0 radical (unpaired) electrons. The van der Waals surface area contributed by atoms with E-state index in [0.29, 0.717) is 10.6 Å². The van der Waals surface area contributed by atoms with Crippen LogP contribution in [-0.2, 0) is 42.9 Å². The highest BCUT2D eigenvalue weighted by atomic mass is 31.2. The first-order chi connectivity index (χ1) is 26.7. The van der Waals surface area contributed by atoms with E-state index < -0.39 is 107 Å². The number of hydrogen-bond acceptors (Lipinski definition) is 13. The third-order valence-corrected chi connectivity index (χ3v) is 9.04. The minimum Gasteiger partial charge on any atom is -0.480 e. The van der Waals surface area contributed by atoms with Crippen LogP contribution in [0.4, 0.5) is 0 Å². The molecule has 0 bridgehead atoms. The van der Waals surface area contributed by atoms with Crippen molar-refractivity contribution in [3.05, 3.63) is 71.1 Å². The summed E-state index contributed by atoms with van der Waals surface area (Å²) in [5.74, 6) is -9.82. The van der Waals surface area contributed by atoms with Crippen LogP contribution >= 0.6 is 7.29 Å². The molecule has 0 fully saturated rings. The number of carboxylic acid groups (broad SMARTS) is 8. The quantitative estimate of drug-likeness (QED) is 0.0260. The van der Waals surface area contributed by atoms with Gasteiger partial charge in [0.1, 0.15) is 0 Å². The van der Waals surface area contributed by atoms with Crippen molar-refractivity contribution in [3.63, 3.8) is 0 Å². The zero-order valence-corrected chi connectivity index (χ0v) is 31.0. The van der Waals surface area contributed by atoms with Crippen molar-refractivity contribution in [2.24, 2.45) is 4.88 Å². The summed E-state index contributed by atoms with van der Waals surface area (Å²) < 4.78 is 12.8. The number of rotatable bonds is 25. The van der Waals surface area contributed by atoms with E-state index in [1.165, 1.54) is 0 Å². The number of hydrogen-bond donors (Lipinski definition) is 8. The van der Waals surface area contributed by atoms with Gasteiger partial charge in [0.15, 0.2) is 0 Å². The van der Waals surface area contributed by atoms with Gasteiger partial charge in [-0.2, -0.15) is 0 Å². The summed E-state index contributed by atoms with van der Waals surface area (Å²) in [5, 5.41) is 70.0. The Kier molecular flexibility index (Phi) is 24.1. The molecule has 8 N–H and O–H groups in total. The molecule has 0 amide bonds. The van der Waals surface area contributed by atoms with E-state index in [0.717, 1.165) is 19.6 Å². The normalized spacial score (nSPS) is 10.7. The Bertz CT molecular complexity index is 1510. The molecule has 0 heterocycles. The third-order valence-electron chi connectivity index (χ3n) is 6.71. The summed E-state index contributed by atoms with van der Waals surface area (Å²) in [6, 6.07) is 17.6. The molecule has 0 spiro atoms. The molecular weight excluding hydrogens is 785 g/mol. The summed E-state index contributed by atoms with van der Waals surface area (Å²) in [6.07, 6.45) is 0. The van der Waals surface area contributed by atoms with Gasteiger partial charge in [0, 0.05) is 41.7 Å². The Balaban J connectivity index is 0.000000827. The fraction of sp³-hybridized carbons (Fsp3) is 0.375. The van der Waals surface area contributed by atoms with Gasteiger partial charge in [0.05, 0.1) is 52.4 Å². The molecule has 0 aliphatic heterocycles. The van der Waals surface area contributed by atoms with Gasteiger partial charge in [0.2, 0.25) is 7.29 Å². The third kappa shape index (κ3) is 24.6. The highest BCUT2D eigenvalue weighted by Crippen LogP contribution is 2.44. The van der Waals surface area contributed by atoms with E-state index in [4.69, 9.17) is 46.4 Å². The van der Waals surface area contributed by atoms with Crippen LogP contribution in [-0.4, -0.2) is 187 Å². The van der Waals surface area contributed by atoms with Gasteiger partial charge in [-0.05, 0) is 10.4 Å². The standard InChI is InChI=1S/C12H10N3OP.2C10H16N2O8/c13-14-15-17(16,11-7-3-1-4-8-11)12-9-5-2-6-10-12;2*13-7(14)3-11(4-8(15)16)1-2-12(5-9(17)18)6-10(19)20/h1-10H;2*1-6H2,(H,13,14)(H,15,16)(H,17,18)(H,19,20). The minimum atomic E-state index is -3.22.